The fourth-order valence-electron chi connectivity index (χ4n) is 2.28. The molecule has 0 amide bonds. The van der Waals surface area contributed by atoms with Crippen molar-refractivity contribution in [2.24, 2.45) is 0 Å². The third-order valence-corrected chi connectivity index (χ3v) is 5.17. The summed E-state index contributed by atoms with van der Waals surface area (Å²) in [7, 11) is -0.855. The summed E-state index contributed by atoms with van der Waals surface area (Å²) in [5.74, 6) is 1.14. The minimum absolute atomic E-state index is 0.112. The molecule has 1 aromatic rings. The zero-order valence-electron chi connectivity index (χ0n) is 14.5. The molecule has 0 N–H and O–H groups in total. The molecule has 0 saturated heterocycles. The Bertz CT molecular complexity index is 561. The molecule has 0 radical (unpaired) electrons. The molecule has 0 atom stereocenters. The topological polar surface area (TPSA) is 71.1 Å². The van der Waals surface area contributed by atoms with E-state index in [1.165, 1.54) is 14.2 Å². The molecule has 0 aliphatic carbocycles. The quantitative estimate of drug-likeness (QED) is 0.624. The molecule has 0 heterocycles. The molecule has 0 fully saturated rings. The first-order chi connectivity index (χ1) is 10.8. The van der Waals surface area contributed by atoms with Crippen LogP contribution in [0.4, 0.5) is 0 Å². The van der Waals surface area contributed by atoms with Crippen molar-refractivity contribution in [3.63, 3.8) is 0 Å². The maximum atomic E-state index is 12.7. The van der Waals surface area contributed by atoms with Gasteiger partial charge < -0.3 is 18.5 Å². The lowest BCUT2D eigenvalue weighted by Gasteiger charge is -2.19. The summed E-state index contributed by atoms with van der Waals surface area (Å²) in [6, 6.07) is 3.09. The average molecular weight is 344 g/mol. The summed E-state index contributed by atoms with van der Waals surface area (Å²) >= 11 is 0. The molecule has 0 unspecified atom stereocenters. The van der Waals surface area contributed by atoms with Gasteiger partial charge in [0.1, 0.15) is 11.5 Å². The summed E-state index contributed by atoms with van der Waals surface area (Å²) < 4.78 is 33.6. The van der Waals surface area contributed by atoms with Gasteiger partial charge in [-0.25, -0.2) is 0 Å². The first kappa shape index (κ1) is 19.7. The van der Waals surface area contributed by atoms with E-state index in [4.69, 9.17) is 18.5 Å². The maximum absolute atomic E-state index is 12.7. The first-order valence-electron chi connectivity index (χ1n) is 7.54. The van der Waals surface area contributed by atoms with E-state index in [0.717, 1.165) is 5.56 Å². The zero-order valence-corrected chi connectivity index (χ0v) is 15.4. The smallest absolute Gasteiger partial charge is 0.401 e. The Morgan fingerprint density at radius 2 is 1.48 bits per heavy atom. The Morgan fingerprint density at radius 1 is 1.04 bits per heavy atom. The SMILES string of the molecule is CCOP(=O)(OCC)C(=O)c1cc(OC)c(C(C)C)c(OC)c1. The van der Waals surface area contributed by atoms with Crippen LogP contribution in [0.3, 0.4) is 0 Å². The summed E-state index contributed by atoms with van der Waals surface area (Å²) in [6.45, 7) is 7.52. The average Bonchev–Trinajstić information content (AvgIpc) is 2.52. The fourth-order valence-corrected chi connectivity index (χ4v) is 3.72. The van der Waals surface area contributed by atoms with Crippen molar-refractivity contribution in [2.45, 2.75) is 33.6 Å². The van der Waals surface area contributed by atoms with Crippen LogP contribution < -0.4 is 9.47 Å². The van der Waals surface area contributed by atoms with Crippen LogP contribution in [0.2, 0.25) is 0 Å². The van der Waals surface area contributed by atoms with Crippen molar-refractivity contribution in [1.82, 2.24) is 0 Å². The maximum Gasteiger partial charge on any atom is 0.401 e. The molecule has 0 aliphatic heterocycles. The predicted octanol–water partition coefficient (Wildman–Crippen LogP) is 4.23. The van der Waals surface area contributed by atoms with E-state index in [1.54, 1.807) is 26.0 Å². The van der Waals surface area contributed by atoms with E-state index in [-0.39, 0.29) is 24.7 Å². The van der Waals surface area contributed by atoms with Gasteiger partial charge in [-0.05, 0) is 31.9 Å². The zero-order chi connectivity index (χ0) is 17.6. The molecule has 0 bridgehead atoms. The van der Waals surface area contributed by atoms with Gasteiger partial charge in [0.15, 0.2) is 0 Å². The second kappa shape index (κ2) is 8.48. The third-order valence-electron chi connectivity index (χ3n) is 3.22. The van der Waals surface area contributed by atoms with Crippen LogP contribution in [0.15, 0.2) is 12.1 Å². The Kier molecular flexibility index (Phi) is 7.26. The summed E-state index contributed by atoms with van der Waals surface area (Å²) in [5, 5.41) is 0. The molecule has 0 spiro atoms. The highest BCUT2D eigenvalue weighted by atomic mass is 31.2. The van der Waals surface area contributed by atoms with Gasteiger partial charge in [-0.1, -0.05) is 13.8 Å². The molecule has 1 aromatic carbocycles. The van der Waals surface area contributed by atoms with Crippen LogP contribution in [-0.2, 0) is 13.6 Å². The first-order valence-corrected chi connectivity index (χ1v) is 9.08. The molecule has 0 saturated carbocycles. The second-order valence-electron chi connectivity index (χ2n) is 5.09. The van der Waals surface area contributed by atoms with Crippen molar-refractivity contribution >= 4 is 13.1 Å². The standard InChI is InChI=1S/C16H25O6P/c1-7-21-23(18,22-8-2)16(17)12-9-13(19-5)15(11(3)4)14(10-12)20-6/h9-11H,7-8H2,1-6H3. The van der Waals surface area contributed by atoms with E-state index in [2.05, 4.69) is 0 Å². The lowest BCUT2D eigenvalue weighted by atomic mass is 9.99. The van der Waals surface area contributed by atoms with Crippen molar-refractivity contribution in [3.8, 4) is 11.5 Å². The monoisotopic (exact) mass is 344 g/mol. The molecule has 130 valence electrons. The number of hydrogen-bond donors (Lipinski definition) is 0. The number of carbonyl (C=O) groups excluding carboxylic acids is 1. The predicted molar refractivity (Wildman–Crippen MR) is 88.8 cm³/mol. The number of carbonyl (C=O) groups is 1. The minimum Gasteiger partial charge on any atom is -0.496 e. The van der Waals surface area contributed by atoms with Crippen LogP contribution in [0.25, 0.3) is 0 Å². The summed E-state index contributed by atoms with van der Waals surface area (Å²) in [5.41, 5.74) is 0.315. The normalized spacial score (nSPS) is 11.6. The van der Waals surface area contributed by atoms with Crippen LogP contribution in [0.5, 0.6) is 11.5 Å². The summed E-state index contributed by atoms with van der Waals surface area (Å²) in [6.07, 6.45) is 0. The highest BCUT2D eigenvalue weighted by Gasteiger charge is 2.36. The molecular formula is C16H25O6P. The Hall–Kier alpha value is -1.36. The van der Waals surface area contributed by atoms with E-state index in [1.807, 2.05) is 13.8 Å². The highest BCUT2D eigenvalue weighted by Crippen LogP contribution is 2.52. The largest absolute Gasteiger partial charge is 0.496 e. The van der Waals surface area contributed by atoms with Crippen LogP contribution in [0, 0.1) is 0 Å². The second-order valence-corrected chi connectivity index (χ2v) is 7.00. The Morgan fingerprint density at radius 3 is 1.78 bits per heavy atom. The van der Waals surface area contributed by atoms with Gasteiger partial charge >= 0.3 is 7.60 Å². The van der Waals surface area contributed by atoms with Crippen LogP contribution in [-0.4, -0.2) is 33.0 Å². The van der Waals surface area contributed by atoms with E-state index < -0.39 is 13.1 Å². The number of rotatable bonds is 9. The molecule has 0 aromatic heterocycles. The van der Waals surface area contributed by atoms with E-state index >= 15 is 0 Å². The van der Waals surface area contributed by atoms with Gasteiger partial charge in [-0.15, -0.1) is 0 Å². The molecule has 6 nitrogen and oxygen atoms in total. The van der Waals surface area contributed by atoms with Crippen molar-refractivity contribution < 1.29 is 27.9 Å². The molecule has 23 heavy (non-hydrogen) atoms. The van der Waals surface area contributed by atoms with Gasteiger partial charge in [-0.2, -0.15) is 0 Å². The Balaban J connectivity index is 3.42. The van der Waals surface area contributed by atoms with Gasteiger partial charge in [0.05, 0.1) is 27.4 Å². The lowest BCUT2D eigenvalue weighted by molar-refractivity contribution is 0.100. The van der Waals surface area contributed by atoms with Gasteiger partial charge in [0.2, 0.25) is 0 Å². The number of methoxy groups -OCH3 is 2. The molecule has 7 heteroatoms. The van der Waals surface area contributed by atoms with Crippen LogP contribution >= 0.6 is 7.60 Å². The molecular weight excluding hydrogens is 319 g/mol. The number of hydrogen-bond acceptors (Lipinski definition) is 6. The molecule has 1 rings (SSSR count). The van der Waals surface area contributed by atoms with Crippen molar-refractivity contribution in [1.29, 1.82) is 0 Å². The van der Waals surface area contributed by atoms with Gasteiger partial charge in [-0.3, -0.25) is 9.36 Å². The number of benzene rings is 1. The Labute approximate surface area is 137 Å². The van der Waals surface area contributed by atoms with Crippen LogP contribution in [0.1, 0.15) is 49.5 Å². The summed E-state index contributed by atoms with van der Waals surface area (Å²) in [4.78, 5) is 12.6. The van der Waals surface area contributed by atoms with E-state index in [9.17, 15) is 9.36 Å². The van der Waals surface area contributed by atoms with Gasteiger partial charge in [0, 0.05) is 11.1 Å². The lowest BCUT2D eigenvalue weighted by Crippen LogP contribution is -2.09. The highest BCUT2D eigenvalue weighted by molar-refractivity contribution is 7.72. The van der Waals surface area contributed by atoms with E-state index in [0.29, 0.717) is 11.5 Å². The molecule has 0 aliphatic rings. The number of ether oxygens (including phenoxy) is 2. The third kappa shape index (κ3) is 4.34. The minimum atomic E-state index is -3.88. The fraction of sp³-hybridized carbons (Fsp3) is 0.562. The van der Waals surface area contributed by atoms with Crippen molar-refractivity contribution in [2.75, 3.05) is 27.4 Å². The van der Waals surface area contributed by atoms with Gasteiger partial charge in [0.25, 0.3) is 5.52 Å². The van der Waals surface area contributed by atoms with Crippen molar-refractivity contribution in [3.05, 3.63) is 23.3 Å².